The SMILES string of the molecule is CCCCCCn1nc(C(=O)NN2CCCCC2)c2c1-c1ccc(Cl)cc1OCC2.Cc1ccc2c(c1)oc1c(C(=O)NN3CCCCC3)nn(CCCCCCl)c12.O=C(NN1CCCCC1)c1nn(CCCCCCl)c2c1COc1cc(Br)ccc1-2. The number of ether oxygens (including phenoxy) is 2. The fraction of sp³-hybridized carbons (Fsp3) is 0.538. The highest BCUT2D eigenvalue weighted by molar-refractivity contribution is 9.10. The Balaban J connectivity index is 0.000000145. The molecule has 4 aromatic heterocycles. The van der Waals surface area contributed by atoms with Crippen LogP contribution < -0.4 is 25.8 Å². The minimum absolute atomic E-state index is 0.113. The van der Waals surface area contributed by atoms with E-state index in [1.54, 1.807) is 0 Å². The summed E-state index contributed by atoms with van der Waals surface area (Å²) in [5.41, 5.74) is 19.7. The molecular weight excluding hydrogens is 1230 g/mol. The maximum atomic E-state index is 13.2. The molecule has 5 aliphatic heterocycles. The standard InChI is InChI=1S/C23H31ClN4O2.C21H26BrClN4O2.C21H27ClN4O2/c1-2-3-4-8-14-28-22-18-10-9-17(24)16-20(18)30-15-11-19(22)21(25-28)23(29)26-27-12-6-5-7-13-27;22-15-7-8-16-18(13-15)29-14-17-19(21(28)25-26-10-4-2-5-11-26)24-27(20(16)17)12-6-1-3-9-23;1-15-8-9-16-17(14-15)28-20-18(21(27)24-25-11-5-3-6-12-25)23-26(19(16)20)13-7-2-4-10-22/h9-10,16H,2-8,11-15H2,1H3,(H,26,29);7-8,13H,1-6,9-12,14H2,(H,25,28);8-9,14H,2-7,10-13H2,1H3,(H,24,27). The number of carbonyl (C=O) groups excluding carboxylic acids is 3. The summed E-state index contributed by atoms with van der Waals surface area (Å²) in [5, 5.41) is 21.8. The van der Waals surface area contributed by atoms with Gasteiger partial charge in [-0.3, -0.25) is 44.7 Å². The van der Waals surface area contributed by atoms with E-state index in [-0.39, 0.29) is 17.7 Å². The molecule has 5 aliphatic rings. The van der Waals surface area contributed by atoms with Crippen LogP contribution in [0.2, 0.25) is 5.02 Å². The zero-order valence-electron chi connectivity index (χ0n) is 50.5. The number of nitrogens with zero attached hydrogens (tertiary/aromatic N) is 9. The van der Waals surface area contributed by atoms with Crippen molar-refractivity contribution in [3.8, 4) is 34.0 Å². The van der Waals surface area contributed by atoms with Crippen LogP contribution in [0.5, 0.6) is 11.5 Å². The highest BCUT2D eigenvalue weighted by atomic mass is 79.9. The van der Waals surface area contributed by atoms with Crippen molar-refractivity contribution in [3.05, 3.63) is 97.9 Å². The van der Waals surface area contributed by atoms with Gasteiger partial charge in [0.1, 0.15) is 29.2 Å². The van der Waals surface area contributed by atoms with E-state index in [4.69, 9.17) is 58.9 Å². The summed E-state index contributed by atoms with van der Waals surface area (Å²) in [4.78, 5) is 39.1. The molecule has 3 fully saturated rings. The molecule has 0 bridgehead atoms. The number of rotatable bonds is 21. The van der Waals surface area contributed by atoms with Crippen LogP contribution in [0.4, 0.5) is 0 Å². The van der Waals surface area contributed by atoms with Crippen LogP contribution in [0.15, 0.2) is 63.5 Å². The van der Waals surface area contributed by atoms with E-state index >= 15 is 0 Å². The Kier molecular flexibility index (Phi) is 23.4. The highest BCUT2D eigenvalue weighted by Crippen LogP contribution is 2.42. The number of hydrogen-bond donors (Lipinski definition) is 3. The molecule has 468 valence electrons. The van der Waals surface area contributed by atoms with Gasteiger partial charge in [0.15, 0.2) is 22.7 Å². The van der Waals surface area contributed by atoms with Crippen LogP contribution in [0, 0.1) is 6.92 Å². The first-order chi connectivity index (χ1) is 42.5. The second kappa shape index (κ2) is 31.7. The average Bonchev–Trinajstić information content (AvgIpc) is 2.01. The summed E-state index contributed by atoms with van der Waals surface area (Å²) in [6.45, 7) is 12.7. The summed E-state index contributed by atoms with van der Waals surface area (Å²) in [6.07, 6.45) is 21.6. The van der Waals surface area contributed by atoms with Crippen LogP contribution in [0.25, 0.3) is 44.6 Å². The molecular formula is C65H84BrCl3N12O6. The van der Waals surface area contributed by atoms with Gasteiger partial charge in [-0.15, -0.1) is 23.2 Å². The molecule has 3 saturated heterocycles. The Bertz CT molecular complexity index is 3450. The fourth-order valence-corrected chi connectivity index (χ4v) is 13.1. The lowest BCUT2D eigenvalue weighted by molar-refractivity contribution is 0.0735. The van der Waals surface area contributed by atoms with Crippen molar-refractivity contribution < 1.29 is 28.3 Å². The Labute approximate surface area is 534 Å². The molecule has 3 amide bonds. The van der Waals surface area contributed by atoms with Gasteiger partial charge in [0, 0.05) is 114 Å². The minimum Gasteiger partial charge on any atom is -0.492 e. The van der Waals surface area contributed by atoms with Gasteiger partial charge in [0.25, 0.3) is 17.7 Å². The van der Waals surface area contributed by atoms with Crippen molar-refractivity contribution in [2.75, 3.05) is 57.6 Å². The van der Waals surface area contributed by atoms with Crippen molar-refractivity contribution in [2.45, 2.75) is 169 Å². The van der Waals surface area contributed by atoms with E-state index in [0.29, 0.717) is 59.1 Å². The van der Waals surface area contributed by atoms with Gasteiger partial charge in [0.05, 0.1) is 18.0 Å². The second-order valence-corrected chi connectivity index (χ2v) is 25.5. The van der Waals surface area contributed by atoms with Crippen molar-refractivity contribution >= 4 is 90.5 Å². The number of aryl methyl sites for hydroxylation is 4. The molecule has 0 aliphatic carbocycles. The van der Waals surface area contributed by atoms with Gasteiger partial charge in [-0.05, 0) is 132 Å². The van der Waals surface area contributed by atoms with Gasteiger partial charge < -0.3 is 13.9 Å². The number of piperidine rings is 3. The van der Waals surface area contributed by atoms with E-state index < -0.39 is 0 Å². The summed E-state index contributed by atoms with van der Waals surface area (Å²) >= 11 is 21.3. The third-order valence-electron chi connectivity index (χ3n) is 16.7. The lowest BCUT2D eigenvalue weighted by Gasteiger charge is -2.26. The van der Waals surface area contributed by atoms with Gasteiger partial charge in [-0.25, -0.2) is 15.0 Å². The molecule has 3 aromatic carbocycles. The molecule has 87 heavy (non-hydrogen) atoms. The van der Waals surface area contributed by atoms with Crippen LogP contribution in [0.3, 0.4) is 0 Å². The van der Waals surface area contributed by atoms with Crippen molar-refractivity contribution in [2.24, 2.45) is 0 Å². The minimum atomic E-state index is -0.192. The van der Waals surface area contributed by atoms with Gasteiger partial charge in [0.2, 0.25) is 0 Å². The second-order valence-electron chi connectivity index (χ2n) is 23.3. The fourth-order valence-electron chi connectivity index (χ4n) is 12.2. The Morgan fingerprint density at radius 2 is 1.07 bits per heavy atom. The molecule has 0 saturated carbocycles. The summed E-state index contributed by atoms with van der Waals surface area (Å²) in [5.74, 6) is 2.47. The molecule has 3 N–H and O–H groups in total. The number of amides is 3. The van der Waals surface area contributed by atoms with Crippen molar-refractivity contribution in [1.29, 1.82) is 0 Å². The molecule has 18 nitrogen and oxygen atoms in total. The van der Waals surface area contributed by atoms with Crippen LogP contribution >= 0.6 is 50.7 Å². The van der Waals surface area contributed by atoms with Crippen LogP contribution in [0.1, 0.15) is 177 Å². The third kappa shape index (κ3) is 16.2. The molecule has 0 atom stereocenters. The lowest BCUT2D eigenvalue weighted by Crippen LogP contribution is -2.45. The largest absolute Gasteiger partial charge is 0.492 e. The molecule has 0 spiro atoms. The van der Waals surface area contributed by atoms with Crippen molar-refractivity contribution in [1.82, 2.24) is 60.6 Å². The van der Waals surface area contributed by atoms with E-state index in [1.165, 1.54) is 32.1 Å². The predicted octanol–water partition coefficient (Wildman–Crippen LogP) is 14.2. The number of furan rings is 1. The normalized spacial score (nSPS) is 16.0. The first-order valence-corrected chi connectivity index (χ1v) is 34.0. The zero-order chi connectivity index (χ0) is 60.7. The average molecular weight is 1320 g/mol. The topological polar surface area (TPSA) is 182 Å². The number of carbonyl (C=O) groups is 3. The quantitative estimate of drug-likeness (QED) is 0.0458. The van der Waals surface area contributed by atoms with Crippen molar-refractivity contribution in [3.63, 3.8) is 0 Å². The number of aromatic nitrogens is 6. The number of halogens is 4. The van der Waals surface area contributed by atoms with Crippen LogP contribution in [-0.4, -0.2) is 120 Å². The monoisotopic (exact) mass is 1310 g/mol. The number of benzene rings is 3. The van der Waals surface area contributed by atoms with E-state index in [9.17, 15) is 14.4 Å². The summed E-state index contributed by atoms with van der Waals surface area (Å²) < 4.78 is 24.9. The maximum absolute atomic E-state index is 13.2. The first kappa shape index (κ1) is 64.3. The molecule has 22 heteroatoms. The van der Waals surface area contributed by atoms with Gasteiger partial charge in [-0.2, -0.15) is 15.3 Å². The zero-order valence-corrected chi connectivity index (χ0v) is 54.4. The number of nitrogens with one attached hydrogen (secondary N) is 3. The third-order valence-corrected chi connectivity index (χ3v) is 18.0. The maximum Gasteiger partial charge on any atom is 0.289 e. The predicted molar refractivity (Wildman–Crippen MR) is 348 cm³/mol. The Morgan fingerprint density at radius 1 is 0.563 bits per heavy atom. The highest BCUT2D eigenvalue weighted by Gasteiger charge is 2.32. The number of alkyl halides is 2. The summed E-state index contributed by atoms with van der Waals surface area (Å²) in [6, 6.07) is 17.8. The lowest BCUT2D eigenvalue weighted by atomic mass is 10.0. The Morgan fingerprint density at radius 3 is 1.64 bits per heavy atom. The molecule has 7 aromatic rings. The molecule has 9 heterocycles. The van der Waals surface area contributed by atoms with E-state index in [1.807, 2.05) is 78.5 Å². The van der Waals surface area contributed by atoms with Crippen LogP contribution in [-0.2, 0) is 32.7 Å². The van der Waals surface area contributed by atoms with E-state index in [0.717, 1.165) is 220 Å². The first-order valence-electron chi connectivity index (χ1n) is 31.8. The van der Waals surface area contributed by atoms with Gasteiger partial charge in [-0.1, -0.05) is 91.9 Å². The number of hydrazine groups is 3. The smallest absolute Gasteiger partial charge is 0.289 e. The number of fused-ring (bicyclic) bond motifs is 9. The van der Waals surface area contributed by atoms with E-state index in [2.05, 4.69) is 56.4 Å². The number of hydrogen-bond acceptors (Lipinski definition) is 12. The number of unbranched alkanes of at least 4 members (excludes halogenated alkanes) is 7. The molecule has 0 unspecified atom stereocenters. The summed E-state index contributed by atoms with van der Waals surface area (Å²) in [7, 11) is 0. The molecule has 12 rings (SSSR count). The molecule has 0 radical (unpaired) electrons. The van der Waals surface area contributed by atoms with Gasteiger partial charge >= 0.3 is 0 Å². The Hall–Kier alpha value is -5.67.